The van der Waals surface area contributed by atoms with Gasteiger partial charge in [0.1, 0.15) is 11.7 Å². The Kier molecular flexibility index (Phi) is 2.97. The van der Waals surface area contributed by atoms with Gasteiger partial charge in [-0.15, -0.1) is 0 Å². The largest absolute Gasteiger partial charge is 0.341 e. The highest BCUT2D eigenvalue weighted by atomic mass is 14.9. The first-order valence-corrected chi connectivity index (χ1v) is 5.20. The molecular formula is C12H12N4. The molecule has 0 fully saturated rings. The Hall–Kier alpha value is -2.15. The van der Waals surface area contributed by atoms with Gasteiger partial charge in [0.2, 0.25) is 0 Å². The van der Waals surface area contributed by atoms with Gasteiger partial charge in [-0.1, -0.05) is 6.92 Å². The van der Waals surface area contributed by atoms with E-state index in [1.807, 2.05) is 19.1 Å². The number of pyridine rings is 1. The van der Waals surface area contributed by atoms with Gasteiger partial charge in [0, 0.05) is 18.0 Å². The van der Waals surface area contributed by atoms with Gasteiger partial charge in [-0.25, -0.2) is 4.98 Å². The van der Waals surface area contributed by atoms with Crippen LogP contribution in [0.3, 0.4) is 0 Å². The predicted octanol–water partition coefficient (Wildman–Crippen LogP) is 2.49. The Morgan fingerprint density at radius 2 is 2.38 bits per heavy atom. The number of imidazole rings is 1. The van der Waals surface area contributed by atoms with Crippen molar-refractivity contribution in [1.82, 2.24) is 15.0 Å². The number of aromatic amines is 1. The van der Waals surface area contributed by atoms with Crippen LogP contribution in [-0.4, -0.2) is 15.0 Å². The van der Waals surface area contributed by atoms with Gasteiger partial charge < -0.3 is 4.98 Å². The first-order valence-electron chi connectivity index (χ1n) is 5.20. The highest BCUT2D eigenvalue weighted by Crippen LogP contribution is 2.20. The smallest absolute Gasteiger partial charge is 0.123 e. The monoisotopic (exact) mass is 212 g/mol. The molecule has 2 rings (SSSR count). The maximum absolute atomic E-state index is 8.94. The van der Waals surface area contributed by atoms with Crippen LogP contribution in [0.25, 0.3) is 11.3 Å². The molecule has 2 aromatic heterocycles. The molecule has 0 spiro atoms. The molecule has 16 heavy (non-hydrogen) atoms. The number of nitrogens with zero attached hydrogens (tertiary/aromatic N) is 3. The summed E-state index contributed by atoms with van der Waals surface area (Å²) in [5, 5.41) is 8.94. The molecule has 4 nitrogen and oxygen atoms in total. The Morgan fingerprint density at radius 3 is 3.00 bits per heavy atom. The number of hydrogen-bond donors (Lipinski definition) is 1. The van der Waals surface area contributed by atoms with Gasteiger partial charge >= 0.3 is 0 Å². The van der Waals surface area contributed by atoms with Gasteiger partial charge in [-0.3, -0.25) is 4.98 Å². The summed E-state index contributed by atoms with van der Waals surface area (Å²) in [7, 11) is 0. The van der Waals surface area contributed by atoms with Crippen molar-refractivity contribution in [3.05, 3.63) is 36.5 Å². The van der Waals surface area contributed by atoms with Crippen molar-refractivity contribution in [2.45, 2.75) is 19.3 Å². The Morgan fingerprint density at radius 1 is 1.50 bits per heavy atom. The van der Waals surface area contributed by atoms with Crippen molar-refractivity contribution in [1.29, 1.82) is 5.26 Å². The van der Waals surface area contributed by atoms with E-state index in [2.05, 4.69) is 21.0 Å². The fourth-order valence-corrected chi connectivity index (χ4v) is 1.53. The Balaban J connectivity index is 2.30. The molecular weight excluding hydrogens is 200 g/mol. The van der Waals surface area contributed by atoms with E-state index in [0.717, 1.165) is 23.5 Å². The molecule has 1 N–H and O–H groups in total. The molecule has 0 aliphatic heterocycles. The lowest BCUT2D eigenvalue weighted by Gasteiger charge is -2.00. The first kappa shape index (κ1) is 10.4. The van der Waals surface area contributed by atoms with Crippen LogP contribution in [0.1, 0.15) is 25.1 Å². The molecule has 1 atom stereocenters. The van der Waals surface area contributed by atoms with Gasteiger partial charge in [-0.05, 0) is 18.6 Å². The van der Waals surface area contributed by atoms with E-state index in [-0.39, 0.29) is 5.92 Å². The second-order valence-electron chi connectivity index (χ2n) is 3.51. The van der Waals surface area contributed by atoms with Gasteiger partial charge in [0.25, 0.3) is 0 Å². The first-order chi connectivity index (χ1) is 7.85. The topological polar surface area (TPSA) is 65.4 Å². The van der Waals surface area contributed by atoms with Gasteiger partial charge in [0.05, 0.1) is 18.0 Å². The SMILES string of the molecule is CCC(C#N)c1ncc(-c2cccnc2)[nH]1. The molecule has 4 heteroatoms. The third-order valence-corrected chi connectivity index (χ3v) is 2.46. The van der Waals surface area contributed by atoms with E-state index in [1.54, 1.807) is 18.6 Å². The zero-order chi connectivity index (χ0) is 11.4. The van der Waals surface area contributed by atoms with Crippen molar-refractivity contribution >= 4 is 0 Å². The van der Waals surface area contributed by atoms with Crippen LogP contribution in [0.5, 0.6) is 0 Å². The van der Waals surface area contributed by atoms with Crippen molar-refractivity contribution in [2.75, 3.05) is 0 Å². The summed E-state index contributed by atoms with van der Waals surface area (Å²) in [5.74, 6) is 0.564. The standard InChI is InChI=1S/C12H12N4/c1-2-9(6-13)12-15-8-11(16-12)10-4-3-5-14-7-10/h3-5,7-9H,2H2,1H3,(H,15,16). The minimum atomic E-state index is -0.162. The van der Waals surface area contributed by atoms with Crippen LogP contribution >= 0.6 is 0 Å². The van der Waals surface area contributed by atoms with Crippen LogP contribution < -0.4 is 0 Å². The number of H-pyrrole nitrogens is 1. The third kappa shape index (κ3) is 1.94. The van der Waals surface area contributed by atoms with Crippen LogP contribution in [0.15, 0.2) is 30.7 Å². The van der Waals surface area contributed by atoms with Crippen molar-refractivity contribution in [2.24, 2.45) is 0 Å². The van der Waals surface area contributed by atoms with Crippen LogP contribution in [0.4, 0.5) is 0 Å². The van der Waals surface area contributed by atoms with E-state index in [0.29, 0.717) is 0 Å². The van der Waals surface area contributed by atoms with Gasteiger partial charge in [0.15, 0.2) is 0 Å². The molecule has 0 aliphatic rings. The van der Waals surface area contributed by atoms with E-state index in [1.165, 1.54) is 0 Å². The summed E-state index contributed by atoms with van der Waals surface area (Å²) in [6, 6.07) is 6.05. The van der Waals surface area contributed by atoms with E-state index < -0.39 is 0 Å². The molecule has 0 aliphatic carbocycles. The summed E-state index contributed by atoms with van der Waals surface area (Å²) in [6.07, 6.45) is 6.00. The summed E-state index contributed by atoms with van der Waals surface area (Å²) in [6.45, 7) is 1.97. The minimum Gasteiger partial charge on any atom is -0.341 e. The van der Waals surface area contributed by atoms with Gasteiger partial charge in [-0.2, -0.15) is 5.26 Å². The summed E-state index contributed by atoms with van der Waals surface area (Å²) >= 11 is 0. The zero-order valence-corrected chi connectivity index (χ0v) is 9.01. The third-order valence-electron chi connectivity index (χ3n) is 2.46. The maximum atomic E-state index is 8.94. The second-order valence-corrected chi connectivity index (χ2v) is 3.51. The Bertz CT molecular complexity index is 495. The lowest BCUT2D eigenvalue weighted by molar-refractivity contribution is 0.766. The van der Waals surface area contributed by atoms with Crippen LogP contribution in [0, 0.1) is 11.3 Å². The molecule has 0 aromatic carbocycles. The number of nitrogens with one attached hydrogen (secondary N) is 1. The number of hydrogen-bond acceptors (Lipinski definition) is 3. The summed E-state index contributed by atoms with van der Waals surface area (Å²) in [4.78, 5) is 11.4. The molecule has 2 heterocycles. The van der Waals surface area contributed by atoms with Crippen LogP contribution in [-0.2, 0) is 0 Å². The zero-order valence-electron chi connectivity index (χ0n) is 9.01. The number of nitriles is 1. The summed E-state index contributed by atoms with van der Waals surface area (Å²) < 4.78 is 0. The van der Waals surface area contributed by atoms with Crippen LogP contribution in [0.2, 0.25) is 0 Å². The Labute approximate surface area is 94.0 Å². The van der Waals surface area contributed by atoms with Crippen molar-refractivity contribution in [3.8, 4) is 17.3 Å². The molecule has 0 radical (unpaired) electrons. The lowest BCUT2D eigenvalue weighted by Crippen LogP contribution is -1.95. The lowest BCUT2D eigenvalue weighted by atomic mass is 10.1. The molecule has 0 bridgehead atoms. The molecule has 1 unspecified atom stereocenters. The fourth-order valence-electron chi connectivity index (χ4n) is 1.53. The van der Waals surface area contributed by atoms with E-state index in [9.17, 15) is 0 Å². The minimum absolute atomic E-state index is 0.162. The highest BCUT2D eigenvalue weighted by molar-refractivity contribution is 5.56. The number of rotatable bonds is 3. The molecule has 0 saturated carbocycles. The fraction of sp³-hybridized carbons (Fsp3) is 0.250. The molecule has 0 saturated heterocycles. The summed E-state index contributed by atoms with van der Waals surface area (Å²) in [5.41, 5.74) is 1.88. The second kappa shape index (κ2) is 4.58. The highest BCUT2D eigenvalue weighted by Gasteiger charge is 2.12. The van der Waals surface area contributed by atoms with Crippen molar-refractivity contribution in [3.63, 3.8) is 0 Å². The number of aromatic nitrogens is 3. The average molecular weight is 212 g/mol. The molecule has 80 valence electrons. The predicted molar refractivity (Wildman–Crippen MR) is 60.5 cm³/mol. The maximum Gasteiger partial charge on any atom is 0.123 e. The average Bonchev–Trinajstić information content (AvgIpc) is 2.81. The van der Waals surface area contributed by atoms with E-state index in [4.69, 9.17) is 5.26 Å². The van der Waals surface area contributed by atoms with Crippen molar-refractivity contribution < 1.29 is 0 Å². The normalized spacial score (nSPS) is 12.0. The quantitative estimate of drug-likeness (QED) is 0.850. The molecule has 0 amide bonds. The van der Waals surface area contributed by atoms with E-state index >= 15 is 0 Å². The molecule has 2 aromatic rings.